The topological polar surface area (TPSA) is 15.3 Å². The third kappa shape index (κ3) is 3.71. The van der Waals surface area contributed by atoms with E-state index in [1.807, 2.05) is 6.07 Å². The molecule has 1 aliphatic heterocycles. The summed E-state index contributed by atoms with van der Waals surface area (Å²) in [6, 6.07) is 8.85. The van der Waals surface area contributed by atoms with Crippen LogP contribution in [-0.2, 0) is 0 Å². The third-order valence-corrected chi connectivity index (χ3v) is 3.76. The summed E-state index contributed by atoms with van der Waals surface area (Å²) in [5, 5.41) is 4.26. The van der Waals surface area contributed by atoms with Crippen molar-refractivity contribution in [2.75, 3.05) is 26.2 Å². The third-order valence-electron chi connectivity index (χ3n) is 3.52. The van der Waals surface area contributed by atoms with Gasteiger partial charge in [0, 0.05) is 37.2 Å². The molecule has 0 aliphatic carbocycles. The van der Waals surface area contributed by atoms with Crippen molar-refractivity contribution >= 4 is 11.6 Å². The Morgan fingerprint density at radius 1 is 1.28 bits per heavy atom. The van der Waals surface area contributed by atoms with Crippen molar-refractivity contribution in [2.24, 2.45) is 5.92 Å². The second-order valence-corrected chi connectivity index (χ2v) is 5.92. The van der Waals surface area contributed by atoms with Crippen molar-refractivity contribution in [2.45, 2.75) is 26.3 Å². The van der Waals surface area contributed by atoms with Gasteiger partial charge in [-0.15, -0.1) is 0 Å². The molecule has 0 bridgehead atoms. The Labute approximate surface area is 115 Å². The highest BCUT2D eigenvalue weighted by atomic mass is 35.5. The first-order chi connectivity index (χ1) is 8.66. The van der Waals surface area contributed by atoms with Gasteiger partial charge in [-0.1, -0.05) is 37.6 Å². The predicted octanol–water partition coefficient (Wildman–Crippen LogP) is 3.33. The molecule has 2 rings (SSSR count). The van der Waals surface area contributed by atoms with E-state index in [-0.39, 0.29) is 0 Å². The Balaban J connectivity index is 2.18. The van der Waals surface area contributed by atoms with Crippen LogP contribution in [0.3, 0.4) is 0 Å². The van der Waals surface area contributed by atoms with Crippen molar-refractivity contribution in [3.8, 4) is 0 Å². The van der Waals surface area contributed by atoms with Crippen LogP contribution in [0.4, 0.5) is 0 Å². The molecule has 2 nitrogen and oxygen atoms in total. The standard InChI is InChI=1S/C15H23ClN2/c1-12(2)10-15(18-8-6-17-7-9-18)13-4-3-5-14(16)11-13/h3-5,11-12,15,17H,6-10H2,1-2H3/t15-/m0/s1. The molecular weight excluding hydrogens is 244 g/mol. The van der Waals surface area contributed by atoms with Crippen LogP contribution in [0.15, 0.2) is 24.3 Å². The molecule has 18 heavy (non-hydrogen) atoms. The first kappa shape index (κ1) is 13.9. The van der Waals surface area contributed by atoms with E-state index in [0.717, 1.165) is 31.2 Å². The molecular formula is C15H23ClN2. The highest BCUT2D eigenvalue weighted by Gasteiger charge is 2.22. The van der Waals surface area contributed by atoms with Gasteiger partial charge < -0.3 is 5.32 Å². The van der Waals surface area contributed by atoms with E-state index >= 15 is 0 Å². The number of hydrogen-bond acceptors (Lipinski definition) is 2. The Morgan fingerprint density at radius 3 is 2.61 bits per heavy atom. The maximum atomic E-state index is 6.13. The minimum atomic E-state index is 0.505. The van der Waals surface area contributed by atoms with Gasteiger partial charge in [-0.25, -0.2) is 0 Å². The molecule has 1 aliphatic rings. The Bertz CT molecular complexity index is 373. The SMILES string of the molecule is CC(C)C[C@@H](c1cccc(Cl)c1)N1CCNCC1. The molecule has 0 saturated carbocycles. The summed E-state index contributed by atoms with van der Waals surface area (Å²) >= 11 is 6.13. The van der Waals surface area contributed by atoms with Crippen LogP contribution in [0.5, 0.6) is 0 Å². The second kappa shape index (κ2) is 6.55. The molecule has 1 atom stereocenters. The Morgan fingerprint density at radius 2 is 2.00 bits per heavy atom. The van der Waals surface area contributed by atoms with Crippen molar-refractivity contribution in [3.63, 3.8) is 0 Å². The molecule has 1 saturated heterocycles. The molecule has 1 aromatic rings. The summed E-state index contributed by atoms with van der Waals surface area (Å²) in [4.78, 5) is 2.59. The second-order valence-electron chi connectivity index (χ2n) is 5.49. The van der Waals surface area contributed by atoms with Crippen molar-refractivity contribution in [3.05, 3.63) is 34.9 Å². The first-order valence-corrected chi connectivity index (χ1v) is 7.25. The summed E-state index contributed by atoms with van der Waals surface area (Å²) in [6.45, 7) is 9.03. The molecule has 1 heterocycles. The number of hydrogen-bond donors (Lipinski definition) is 1. The van der Waals surface area contributed by atoms with E-state index in [4.69, 9.17) is 11.6 Å². The Kier molecular flexibility index (Phi) is 5.04. The molecule has 1 N–H and O–H groups in total. The zero-order valence-electron chi connectivity index (χ0n) is 11.3. The number of piperazine rings is 1. The number of halogens is 1. The smallest absolute Gasteiger partial charge is 0.0409 e. The monoisotopic (exact) mass is 266 g/mol. The fourth-order valence-electron chi connectivity index (χ4n) is 2.65. The first-order valence-electron chi connectivity index (χ1n) is 6.87. The average Bonchev–Trinajstić information content (AvgIpc) is 2.37. The largest absolute Gasteiger partial charge is 0.314 e. The molecule has 0 spiro atoms. The zero-order chi connectivity index (χ0) is 13.0. The minimum absolute atomic E-state index is 0.505. The lowest BCUT2D eigenvalue weighted by molar-refractivity contribution is 0.154. The lowest BCUT2D eigenvalue weighted by atomic mass is 9.95. The van der Waals surface area contributed by atoms with E-state index in [0.29, 0.717) is 12.0 Å². The molecule has 0 aromatic heterocycles. The molecule has 0 radical (unpaired) electrons. The van der Waals surface area contributed by atoms with E-state index in [2.05, 4.69) is 42.3 Å². The molecule has 0 amide bonds. The highest BCUT2D eigenvalue weighted by Crippen LogP contribution is 2.29. The Hall–Kier alpha value is -0.570. The zero-order valence-corrected chi connectivity index (χ0v) is 12.1. The van der Waals surface area contributed by atoms with Crippen LogP contribution in [0.25, 0.3) is 0 Å². The van der Waals surface area contributed by atoms with Crippen LogP contribution in [0.2, 0.25) is 5.02 Å². The molecule has 0 unspecified atom stereocenters. The van der Waals surface area contributed by atoms with E-state index in [1.165, 1.54) is 12.0 Å². The van der Waals surface area contributed by atoms with Crippen molar-refractivity contribution < 1.29 is 0 Å². The van der Waals surface area contributed by atoms with Crippen molar-refractivity contribution in [1.29, 1.82) is 0 Å². The van der Waals surface area contributed by atoms with Gasteiger partial charge in [0.05, 0.1) is 0 Å². The number of benzene rings is 1. The summed E-state index contributed by atoms with van der Waals surface area (Å²) in [5.74, 6) is 0.698. The molecule has 100 valence electrons. The summed E-state index contributed by atoms with van der Waals surface area (Å²) < 4.78 is 0. The van der Waals surface area contributed by atoms with Gasteiger partial charge in [0.15, 0.2) is 0 Å². The van der Waals surface area contributed by atoms with Gasteiger partial charge in [-0.3, -0.25) is 4.90 Å². The summed E-state index contributed by atoms with van der Waals surface area (Å²) in [5.41, 5.74) is 1.36. The summed E-state index contributed by atoms with van der Waals surface area (Å²) in [6.07, 6.45) is 1.19. The maximum Gasteiger partial charge on any atom is 0.0409 e. The molecule has 3 heteroatoms. The van der Waals surface area contributed by atoms with Crippen LogP contribution < -0.4 is 5.32 Å². The summed E-state index contributed by atoms with van der Waals surface area (Å²) in [7, 11) is 0. The minimum Gasteiger partial charge on any atom is -0.314 e. The normalized spacial score (nSPS) is 19.1. The maximum absolute atomic E-state index is 6.13. The van der Waals surface area contributed by atoms with Gasteiger partial charge in [0.1, 0.15) is 0 Å². The fraction of sp³-hybridized carbons (Fsp3) is 0.600. The predicted molar refractivity (Wildman–Crippen MR) is 78.1 cm³/mol. The number of nitrogens with zero attached hydrogens (tertiary/aromatic N) is 1. The molecule has 1 fully saturated rings. The quantitative estimate of drug-likeness (QED) is 0.899. The van der Waals surface area contributed by atoms with Crippen LogP contribution in [0, 0.1) is 5.92 Å². The van der Waals surface area contributed by atoms with E-state index < -0.39 is 0 Å². The number of nitrogens with one attached hydrogen (secondary N) is 1. The van der Waals surface area contributed by atoms with E-state index in [9.17, 15) is 0 Å². The van der Waals surface area contributed by atoms with Crippen LogP contribution in [0.1, 0.15) is 31.9 Å². The van der Waals surface area contributed by atoms with Gasteiger partial charge in [0.25, 0.3) is 0 Å². The lowest BCUT2D eigenvalue weighted by Crippen LogP contribution is -2.45. The van der Waals surface area contributed by atoms with Gasteiger partial charge in [0.2, 0.25) is 0 Å². The fourth-order valence-corrected chi connectivity index (χ4v) is 2.85. The molecule has 1 aromatic carbocycles. The van der Waals surface area contributed by atoms with Crippen LogP contribution in [-0.4, -0.2) is 31.1 Å². The van der Waals surface area contributed by atoms with Gasteiger partial charge >= 0.3 is 0 Å². The van der Waals surface area contributed by atoms with Crippen LogP contribution >= 0.6 is 11.6 Å². The number of rotatable bonds is 4. The lowest BCUT2D eigenvalue weighted by Gasteiger charge is -2.36. The highest BCUT2D eigenvalue weighted by molar-refractivity contribution is 6.30. The van der Waals surface area contributed by atoms with Gasteiger partial charge in [-0.2, -0.15) is 0 Å². The van der Waals surface area contributed by atoms with Crippen molar-refractivity contribution in [1.82, 2.24) is 10.2 Å². The van der Waals surface area contributed by atoms with E-state index in [1.54, 1.807) is 0 Å². The van der Waals surface area contributed by atoms with Gasteiger partial charge in [-0.05, 0) is 30.0 Å². The average molecular weight is 267 g/mol.